The quantitative estimate of drug-likeness (QED) is 0.187. The number of carbonyl (C=O) groups is 3. The second kappa shape index (κ2) is 12.7. The monoisotopic (exact) mass is 652 g/mol. The van der Waals surface area contributed by atoms with Gasteiger partial charge in [0, 0.05) is 24.2 Å². The lowest BCUT2D eigenvalue weighted by atomic mass is 9.86. The number of nitrogens with one attached hydrogen (secondary N) is 2. The minimum Gasteiger partial charge on any atom is -0.334 e. The highest BCUT2D eigenvalue weighted by atomic mass is 32.1. The van der Waals surface area contributed by atoms with E-state index >= 15 is 0 Å². The van der Waals surface area contributed by atoms with Crippen LogP contribution >= 0.6 is 11.3 Å². The highest BCUT2D eigenvalue weighted by Gasteiger charge is 2.42. The first-order valence-corrected chi connectivity index (χ1v) is 16.1. The summed E-state index contributed by atoms with van der Waals surface area (Å²) in [5, 5.41) is 5.79. The number of thiazole rings is 1. The molecule has 0 saturated carbocycles. The zero-order valence-corrected chi connectivity index (χ0v) is 27.0. The Morgan fingerprint density at radius 3 is 2.28 bits per heavy atom. The van der Waals surface area contributed by atoms with Gasteiger partial charge in [-0.1, -0.05) is 93.6 Å². The molecule has 1 fully saturated rings. The number of aromatic nitrogens is 1. The SMILES string of the molecule is CC(C)(C)c1ccc(-c2ccccc2C(=O)Nc2ccc3nc(C(=O)N[C@H](C(=O)N4CCC(F)(F)C4)c4ccccc4)sc3c2)cc1. The molecule has 3 amide bonds. The summed E-state index contributed by atoms with van der Waals surface area (Å²) in [5.41, 5.74) is 5.03. The van der Waals surface area contributed by atoms with Crippen LogP contribution in [0.15, 0.2) is 97.1 Å². The van der Waals surface area contributed by atoms with Crippen molar-refractivity contribution in [2.24, 2.45) is 0 Å². The molecule has 6 rings (SSSR count). The number of halogens is 2. The molecule has 0 spiro atoms. The molecule has 1 aromatic heterocycles. The van der Waals surface area contributed by atoms with Gasteiger partial charge >= 0.3 is 0 Å². The Kier molecular flexibility index (Phi) is 8.63. The number of nitrogens with zero attached hydrogens (tertiary/aromatic N) is 2. The highest BCUT2D eigenvalue weighted by Crippen LogP contribution is 2.32. The van der Waals surface area contributed by atoms with Crippen molar-refractivity contribution in [3.05, 3.63) is 119 Å². The van der Waals surface area contributed by atoms with Crippen molar-refractivity contribution < 1.29 is 23.2 Å². The van der Waals surface area contributed by atoms with Crippen LogP contribution in [0.1, 0.15) is 64.5 Å². The van der Waals surface area contributed by atoms with Crippen molar-refractivity contribution in [1.82, 2.24) is 15.2 Å². The summed E-state index contributed by atoms with van der Waals surface area (Å²) in [7, 11) is 0. The van der Waals surface area contributed by atoms with Gasteiger partial charge in [0.05, 0.1) is 16.8 Å². The average Bonchev–Trinajstić information content (AvgIpc) is 3.66. The fourth-order valence-electron chi connectivity index (χ4n) is 5.61. The standard InChI is InChI=1S/C37H34F2N4O3S/c1-36(2,3)25-15-13-23(14-16-25)27-11-7-8-12-28(27)32(44)40-26-17-18-29-30(21-26)47-34(41-29)33(45)42-31(24-9-5-4-6-10-24)35(46)43-20-19-37(38,39)22-43/h4-18,21,31H,19-20,22H2,1-3H3,(H,40,44)(H,42,45)/t31-/m0/s1. The summed E-state index contributed by atoms with van der Waals surface area (Å²) in [6, 6.07) is 28.2. The maximum Gasteiger partial charge on any atom is 0.281 e. The van der Waals surface area contributed by atoms with Crippen LogP contribution in [0.25, 0.3) is 21.3 Å². The lowest BCUT2D eigenvalue weighted by molar-refractivity contribution is -0.133. The third-order valence-corrected chi connectivity index (χ3v) is 9.23. The number of amides is 3. The second-order valence-electron chi connectivity index (χ2n) is 12.7. The summed E-state index contributed by atoms with van der Waals surface area (Å²) in [6.45, 7) is 5.69. The second-order valence-corrected chi connectivity index (χ2v) is 13.7. The van der Waals surface area contributed by atoms with Crippen LogP contribution in [-0.4, -0.2) is 46.6 Å². The van der Waals surface area contributed by atoms with Crippen LogP contribution in [0.3, 0.4) is 0 Å². The number of alkyl halides is 2. The molecule has 2 heterocycles. The lowest BCUT2D eigenvalue weighted by Crippen LogP contribution is -2.42. The molecule has 5 aromatic rings. The van der Waals surface area contributed by atoms with Crippen molar-refractivity contribution in [3.63, 3.8) is 0 Å². The summed E-state index contributed by atoms with van der Waals surface area (Å²) >= 11 is 1.11. The zero-order chi connectivity index (χ0) is 33.3. The Morgan fingerprint density at radius 1 is 0.894 bits per heavy atom. The molecule has 2 N–H and O–H groups in total. The molecule has 0 aliphatic carbocycles. The Hall–Kier alpha value is -4.96. The fourth-order valence-corrected chi connectivity index (χ4v) is 6.52. The number of rotatable bonds is 7. The maximum atomic E-state index is 13.9. The molecule has 0 bridgehead atoms. The van der Waals surface area contributed by atoms with Crippen molar-refractivity contribution in [2.75, 3.05) is 18.4 Å². The molecule has 4 aromatic carbocycles. The van der Waals surface area contributed by atoms with E-state index in [0.29, 0.717) is 27.0 Å². The predicted octanol–water partition coefficient (Wildman–Crippen LogP) is 7.85. The first-order valence-electron chi connectivity index (χ1n) is 15.3. The van der Waals surface area contributed by atoms with E-state index in [1.54, 1.807) is 54.6 Å². The van der Waals surface area contributed by atoms with Crippen molar-refractivity contribution in [1.29, 1.82) is 0 Å². The highest BCUT2D eigenvalue weighted by molar-refractivity contribution is 7.20. The summed E-state index contributed by atoms with van der Waals surface area (Å²) < 4.78 is 28.5. The van der Waals surface area contributed by atoms with E-state index < -0.39 is 36.7 Å². The van der Waals surface area contributed by atoms with Gasteiger partial charge in [-0.15, -0.1) is 11.3 Å². The van der Waals surface area contributed by atoms with Crippen LogP contribution in [-0.2, 0) is 10.2 Å². The Morgan fingerprint density at radius 2 is 1.60 bits per heavy atom. The first-order chi connectivity index (χ1) is 22.4. The Bertz CT molecular complexity index is 1950. The normalized spacial score (nSPS) is 15.0. The first kappa shape index (κ1) is 32.0. The molecule has 240 valence electrons. The fraction of sp³-hybridized carbons (Fsp3) is 0.243. The molecule has 0 radical (unpaired) electrons. The van der Waals surface area contributed by atoms with Gasteiger partial charge in [0.1, 0.15) is 6.04 Å². The summed E-state index contributed by atoms with van der Waals surface area (Å²) in [4.78, 5) is 45.7. The molecule has 10 heteroatoms. The number of anilines is 1. The number of likely N-dealkylation sites (tertiary alicyclic amines) is 1. The molecule has 1 aliphatic heterocycles. The number of hydrogen-bond acceptors (Lipinski definition) is 5. The van der Waals surface area contributed by atoms with E-state index in [9.17, 15) is 23.2 Å². The van der Waals surface area contributed by atoms with Crippen molar-refractivity contribution in [3.8, 4) is 11.1 Å². The minimum atomic E-state index is -2.96. The van der Waals surface area contributed by atoms with Gasteiger partial charge in [-0.3, -0.25) is 14.4 Å². The van der Waals surface area contributed by atoms with E-state index in [4.69, 9.17) is 0 Å². The van der Waals surface area contributed by atoms with Crippen LogP contribution in [0, 0.1) is 0 Å². The third-order valence-electron chi connectivity index (χ3n) is 8.21. The zero-order valence-electron chi connectivity index (χ0n) is 26.2. The predicted molar refractivity (Wildman–Crippen MR) is 181 cm³/mol. The van der Waals surface area contributed by atoms with Crippen LogP contribution in [0.4, 0.5) is 14.5 Å². The van der Waals surface area contributed by atoms with Crippen LogP contribution in [0.5, 0.6) is 0 Å². The van der Waals surface area contributed by atoms with E-state index in [-0.39, 0.29) is 22.9 Å². The van der Waals surface area contributed by atoms with Gasteiger partial charge in [-0.05, 0) is 51.9 Å². The minimum absolute atomic E-state index is 0.0142. The van der Waals surface area contributed by atoms with Gasteiger partial charge in [0.15, 0.2) is 5.01 Å². The van der Waals surface area contributed by atoms with Gasteiger partial charge in [-0.2, -0.15) is 0 Å². The largest absolute Gasteiger partial charge is 0.334 e. The van der Waals surface area contributed by atoms with Gasteiger partial charge in [0.25, 0.3) is 17.7 Å². The maximum absolute atomic E-state index is 13.9. The third kappa shape index (κ3) is 7.07. The average molecular weight is 653 g/mol. The molecule has 1 atom stereocenters. The number of hydrogen-bond donors (Lipinski definition) is 2. The molecule has 0 unspecified atom stereocenters. The molecule has 1 saturated heterocycles. The van der Waals surface area contributed by atoms with Gasteiger partial charge in [-0.25, -0.2) is 13.8 Å². The molecule has 7 nitrogen and oxygen atoms in total. The van der Waals surface area contributed by atoms with Crippen molar-refractivity contribution in [2.45, 2.75) is 44.6 Å². The number of carbonyl (C=O) groups excluding carboxylic acids is 3. The Balaban J connectivity index is 1.20. The summed E-state index contributed by atoms with van der Waals surface area (Å²) in [5.74, 6) is -4.44. The Labute approximate surface area is 275 Å². The molecular weight excluding hydrogens is 618 g/mol. The van der Waals surface area contributed by atoms with E-state index in [2.05, 4.69) is 48.5 Å². The van der Waals surface area contributed by atoms with E-state index in [0.717, 1.165) is 27.4 Å². The topological polar surface area (TPSA) is 91.4 Å². The van der Waals surface area contributed by atoms with E-state index in [1.807, 2.05) is 30.3 Å². The summed E-state index contributed by atoms with van der Waals surface area (Å²) in [6.07, 6.45) is -0.416. The van der Waals surface area contributed by atoms with E-state index in [1.165, 1.54) is 5.56 Å². The molecule has 1 aliphatic rings. The molecule has 47 heavy (non-hydrogen) atoms. The van der Waals surface area contributed by atoms with Gasteiger partial charge < -0.3 is 15.5 Å². The van der Waals surface area contributed by atoms with Crippen molar-refractivity contribution >= 4 is 45.0 Å². The molecular formula is C37H34F2N4O3S. The smallest absolute Gasteiger partial charge is 0.281 e. The van der Waals surface area contributed by atoms with Crippen LogP contribution < -0.4 is 10.6 Å². The number of fused-ring (bicyclic) bond motifs is 1. The van der Waals surface area contributed by atoms with Crippen LogP contribution in [0.2, 0.25) is 0 Å². The van der Waals surface area contributed by atoms with Gasteiger partial charge in [0.2, 0.25) is 5.91 Å². The number of benzene rings is 4. The lowest BCUT2D eigenvalue weighted by Gasteiger charge is -2.24.